The van der Waals surface area contributed by atoms with E-state index in [1.54, 1.807) is 11.3 Å². The van der Waals surface area contributed by atoms with E-state index in [0.29, 0.717) is 12.5 Å². The normalized spacial score (nSPS) is 12.7. The fourth-order valence-corrected chi connectivity index (χ4v) is 2.59. The molecule has 0 spiro atoms. The molecule has 0 fully saturated rings. The van der Waals surface area contributed by atoms with E-state index in [0.717, 1.165) is 17.0 Å². The Bertz CT molecular complexity index is 377. The van der Waals surface area contributed by atoms with Crippen LogP contribution in [-0.4, -0.2) is 23.7 Å². The summed E-state index contributed by atoms with van der Waals surface area (Å²) in [6, 6.07) is 2.01. The van der Waals surface area contributed by atoms with Crippen LogP contribution in [0.5, 0.6) is 0 Å². The van der Waals surface area contributed by atoms with E-state index in [9.17, 15) is 9.90 Å². The lowest BCUT2D eigenvalue weighted by molar-refractivity contribution is -0.114. The molecule has 0 aromatic carbocycles. The van der Waals surface area contributed by atoms with E-state index < -0.39 is 0 Å². The maximum Gasteiger partial charge on any atom is 0.221 e. The fraction of sp³-hybridized carbons (Fsp3) is 0.615. The Balaban J connectivity index is 2.51. The molecule has 1 atom stereocenters. The van der Waals surface area contributed by atoms with Gasteiger partial charge in [-0.2, -0.15) is 0 Å². The van der Waals surface area contributed by atoms with Crippen molar-refractivity contribution in [2.45, 2.75) is 39.8 Å². The highest BCUT2D eigenvalue weighted by atomic mass is 32.1. The minimum absolute atomic E-state index is 0.0597. The smallest absolute Gasteiger partial charge is 0.221 e. The number of amides is 1. The Labute approximate surface area is 112 Å². The standard InChI is InChI=1S/C13H22N2O2S/c1-9(2)6-11(8-16)14-7-13-12(4-5-18-13)15-10(3)17/h4-5,9,11,14,16H,6-8H2,1-3H3,(H,15,17). The summed E-state index contributed by atoms with van der Waals surface area (Å²) in [5, 5.41) is 17.4. The van der Waals surface area contributed by atoms with Crippen LogP contribution in [0.1, 0.15) is 32.1 Å². The van der Waals surface area contributed by atoms with Gasteiger partial charge in [-0.25, -0.2) is 0 Å². The molecule has 1 amide bonds. The van der Waals surface area contributed by atoms with Crippen LogP contribution < -0.4 is 10.6 Å². The van der Waals surface area contributed by atoms with Crippen molar-refractivity contribution < 1.29 is 9.90 Å². The number of carbonyl (C=O) groups is 1. The third kappa shape index (κ3) is 5.16. The lowest BCUT2D eigenvalue weighted by atomic mass is 10.0. The van der Waals surface area contributed by atoms with Crippen LogP contribution in [0.2, 0.25) is 0 Å². The molecule has 1 rings (SSSR count). The molecule has 0 radical (unpaired) electrons. The van der Waals surface area contributed by atoms with Gasteiger partial charge in [0.25, 0.3) is 0 Å². The predicted octanol–water partition coefficient (Wildman–Crippen LogP) is 2.20. The number of anilines is 1. The molecule has 0 saturated carbocycles. The number of carbonyl (C=O) groups excluding carboxylic acids is 1. The van der Waals surface area contributed by atoms with E-state index in [4.69, 9.17) is 0 Å². The van der Waals surface area contributed by atoms with Gasteiger partial charge < -0.3 is 15.7 Å². The molecule has 4 nitrogen and oxygen atoms in total. The molecule has 102 valence electrons. The van der Waals surface area contributed by atoms with E-state index in [1.807, 2.05) is 11.4 Å². The van der Waals surface area contributed by atoms with Gasteiger partial charge in [-0.1, -0.05) is 13.8 Å². The number of rotatable bonds is 7. The third-order valence-electron chi connectivity index (χ3n) is 2.58. The maximum atomic E-state index is 11.0. The van der Waals surface area contributed by atoms with Crippen LogP contribution >= 0.6 is 11.3 Å². The first-order valence-corrected chi connectivity index (χ1v) is 7.09. The van der Waals surface area contributed by atoms with E-state index in [2.05, 4.69) is 24.5 Å². The summed E-state index contributed by atoms with van der Waals surface area (Å²) < 4.78 is 0. The molecular formula is C13H22N2O2S. The quantitative estimate of drug-likeness (QED) is 0.712. The lowest BCUT2D eigenvalue weighted by Gasteiger charge is -2.18. The largest absolute Gasteiger partial charge is 0.395 e. The molecule has 0 aliphatic heterocycles. The second-order valence-corrected chi connectivity index (χ2v) is 5.83. The molecule has 3 N–H and O–H groups in total. The van der Waals surface area contributed by atoms with Crippen molar-refractivity contribution in [3.05, 3.63) is 16.3 Å². The second-order valence-electron chi connectivity index (χ2n) is 4.83. The molecule has 18 heavy (non-hydrogen) atoms. The lowest BCUT2D eigenvalue weighted by Crippen LogP contribution is -2.33. The summed E-state index contributed by atoms with van der Waals surface area (Å²) in [5.41, 5.74) is 0.862. The monoisotopic (exact) mass is 270 g/mol. The molecule has 0 saturated heterocycles. The number of aliphatic hydroxyl groups excluding tert-OH is 1. The topological polar surface area (TPSA) is 61.4 Å². The number of aliphatic hydroxyl groups is 1. The molecule has 0 bridgehead atoms. The van der Waals surface area contributed by atoms with Crippen LogP contribution in [-0.2, 0) is 11.3 Å². The molecule has 1 unspecified atom stereocenters. The van der Waals surface area contributed by atoms with Crippen molar-refractivity contribution in [3.63, 3.8) is 0 Å². The summed E-state index contributed by atoms with van der Waals surface area (Å²) >= 11 is 1.60. The van der Waals surface area contributed by atoms with E-state index in [-0.39, 0.29) is 18.6 Å². The van der Waals surface area contributed by atoms with Gasteiger partial charge in [0.2, 0.25) is 5.91 Å². The minimum atomic E-state index is -0.0597. The van der Waals surface area contributed by atoms with Crippen LogP contribution in [0.4, 0.5) is 5.69 Å². The van der Waals surface area contributed by atoms with Crippen LogP contribution in [0, 0.1) is 5.92 Å². The average Bonchev–Trinajstić information content (AvgIpc) is 2.70. The van der Waals surface area contributed by atoms with Gasteiger partial charge >= 0.3 is 0 Å². The first-order chi connectivity index (χ1) is 8.52. The first-order valence-electron chi connectivity index (χ1n) is 6.21. The van der Waals surface area contributed by atoms with Crippen molar-refractivity contribution in [3.8, 4) is 0 Å². The van der Waals surface area contributed by atoms with Gasteiger partial charge in [0.15, 0.2) is 0 Å². The van der Waals surface area contributed by atoms with Crippen molar-refractivity contribution in [1.29, 1.82) is 0 Å². The van der Waals surface area contributed by atoms with Gasteiger partial charge in [0.1, 0.15) is 0 Å². The number of thiophene rings is 1. The predicted molar refractivity (Wildman–Crippen MR) is 75.8 cm³/mol. The summed E-state index contributed by atoms with van der Waals surface area (Å²) in [6.45, 7) is 6.59. The third-order valence-corrected chi connectivity index (χ3v) is 3.50. The van der Waals surface area contributed by atoms with Crippen molar-refractivity contribution in [2.75, 3.05) is 11.9 Å². The molecular weight excluding hydrogens is 248 g/mol. The van der Waals surface area contributed by atoms with Gasteiger partial charge in [0.05, 0.1) is 12.3 Å². The Morgan fingerprint density at radius 2 is 2.22 bits per heavy atom. The summed E-state index contributed by atoms with van der Waals surface area (Å²) in [4.78, 5) is 12.1. The zero-order chi connectivity index (χ0) is 13.5. The zero-order valence-electron chi connectivity index (χ0n) is 11.2. The average molecular weight is 270 g/mol. The SMILES string of the molecule is CC(=O)Nc1ccsc1CNC(CO)CC(C)C. The van der Waals surface area contributed by atoms with Crippen LogP contribution in [0.25, 0.3) is 0 Å². The van der Waals surface area contributed by atoms with Crippen molar-refractivity contribution in [2.24, 2.45) is 5.92 Å². The maximum absolute atomic E-state index is 11.0. The number of nitrogens with one attached hydrogen (secondary N) is 2. The number of hydrogen-bond acceptors (Lipinski definition) is 4. The van der Waals surface area contributed by atoms with Gasteiger partial charge in [-0.05, 0) is 23.8 Å². The Kier molecular flexibility index (Phi) is 6.32. The van der Waals surface area contributed by atoms with Crippen LogP contribution in [0.15, 0.2) is 11.4 Å². The summed E-state index contributed by atoms with van der Waals surface area (Å²) in [6.07, 6.45) is 0.942. The first kappa shape index (κ1) is 15.1. The summed E-state index contributed by atoms with van der Waals surface area (Å²) in [5.74, 6) is 0.489. The molecule has 0 aliphatic rings. The highest BCUT2D eigenvalue weighted by molar-refractivity contribution is 7.10. The zero-order valence-corrected chi connectivity index (χ0v) is 12.0. The van der Waals surface area contributed by atoms with Crippen molar-refractivity contribution >= 4 is 22.9 Å². The summed E-state index contributed by atoms with van der Waals surface area (Å²) in [7, 11) is 0. The molecule has 1 aromatic heterocycles. The Hall–Kier alpha value is -0.910. The molecule has 0 aliphatic carbocycles. The fourth-order valence-electron chi connectivity index (χ4n) is 1.81. The Morgan fingerprint density at radius 1 is 1.50 bits per heavy atom. The minimum Gasteiger partial charge on any atom is -0.395 e. The Morgan fingerprint density at radius 3 is 2.78 bits per heavy atom. The molecule has 5 heteroatoms. The van der Waals surface area contributed by atoms with Gasteiger partial charge in [-0.3, -0.25) is 4.79 Å². The van der Waals surface area contributed by atoms with E-state index >= 15 is 0 Å². The van der Waals surface area contributed by atoms with Gasteiger partial charge in [-0.15, -0.1) is 11.3 Å². The number of hydrogen-bond donors (Lipinski definition) is 3. The van der Waals surface area contributed by atoms with Gasteiger partial charge in [0, 0.05) is 24.4 Å². The highest BCUT2D eigenvalue weighted by Crippen LogP contribution is 2.22. The van der Waals surface area contributed by atoms with Crippen molar-refractivity contribution in [1.82, 2.24) is 5.32 Å². The highest BCUT2D eigenvalue weighted by Gasteiger charge is 2.11. The second kappa shape index (κ2) is 7.51. The van der Waals surface area contributed by atoms with E-state index in [1.165, 1.54) is 6.92 Å². The van der Waals surface area contributed by atoms with Crippen LogP contribution in [0.3, 0.4) is 0 Å². The molecule has 1 heterocycles. The molecule has 1 aromatic rings.